The number of rotatable bonds is 3. The third-order valence-corrected chi connectivity index (χ3v) is 1.40. The van der Waals surface area contributed by atoms with E-state index in [0.717, 1.165) is 0 Å². The SMILES string of the molecule is COC(=O)c1ccc(NN(C)C)nn1. The molecule has 0 unspecified atom stereocenters. The van der Waals surface area contributed by atoms with E-state index in [1.807, 2.05) is 14.1 Å². The van der Waals surface area contributed by atoms with Crippen LogP contribution in [0.15, 0.2) is 12.1 Å². The van der Waals surface area contributed by atoms with Crippen LogP contribution in [-0.4, -0.2) is 42.4 Å². The van der Waals surface area contributed by atoms with Crippen LogP contribution in [0.5, 0.6) is 0 Å². The van der Waals surface area contributed by atoms with Crippen LogP contribution in [-0.2, 0) is 4.74 Å². The van der Waals surface area contributed by atoms with E-state index in [-0.39, 0.29) is 5.69 Å². The molecule has 1 rings (SSSR count). The highest BCUT2D eigenvalue weighted by atomic mass is 16.5. The summed E-state index contributed by atoms with van der Waals surface area (Å²) in [5, 5.41) is 9.20. The molecule has 0 radical (unpaired) electrons. The van der Waals surface area contributed by atoms with Gasteiger partial charge in [-0.25, -0.2) is 9.80 Å². The predicted octanol–water partition coefficient (Wildman–Crippen LogP) is 0.152. The molecule has 14 heavy (non-hydrogen) atoms. The molecule has 1 aromatic rings. The van der Waals surface area contributed by atoms with Gasteiger partial charge < -0.3 is 10.2 Å². The van der Waals surface area contributed by atoms with Gasteiger partial charge in [-0.1, -0.05) is 0 Å². The summed E-state index contributed by atoms with van der Waals surface area (Å²) in [6.45, 7) is 0. The summed E-state index contributed by atoms with van der Waals surface area (Å²) < 4.78 is 4.48. The molecular weight excluding hydrogens is 184 g/mol. The molecule has 0 saturated heterocycles. The number of carbonyl (C=O) groups is 1. The molecule has 0 fully saturated rings. The lowest BCUT2D eigenvalue weighted by Crippen LogP contribution is -2.20. The van der Waals surface area contributed by atoms with Crippen molar-refractivity contribution in [3.63, 3.8) is 0 Å². The molecular formula is C8H12N4O2. The van der Waals surface area contributed by atoms with E-state index < -0.39 is 5.97 Å². The summed E-state index contributed by atoms with van der Waals surface area (Å²) in [5.41, 5.74) is 3.09. The summed E-state index contributed by atoms with van der Waals surface area (Å²) in [5.74, 6) is 0.0801. The Morgan fingerprint density at radius 3 is 2.57 bits per heavy atom. The molecule has 1 aromatic heterocycles. The van der Waals surface area contributed by atoms with Crippen LogP contribution in [0.1, 0.15) is 10.5 Å². The zero-order chi connectivity index (χ0) is 10.6. The number of hydrogen-bond acceptors (Lipinski definition) is 6. The summed E-state index contributed by atoms with van der Waals surface area (Å²) in [6.07, 6.45) is 0. The van der Waals surface area contributed by atoms with Gasteiger partial charge in [-0.2, -0.15) is 0 Å². The van der Waals surface area contributed by atoms with Crippen LogP contribution >= 0.6 is 0 Å². The number of anilines is 1. The maximum Gasteiger partial charge on any atom is 0.358 e. The number of methoxy groups -OCH3 is 1. The van der Waals surface area contributed by atoms with Crippen molar-refractivity contribution in [2.24, 2.45) is 0 Å². The monoisotopic (exact) mass is 196 g/mol. The highest BCUT2D eigenvalue weighted by Crippen LogP contribution is 2.02. The molecule has 1 N–H and O–H groups in total. The fourth-order valence-corrected chi connectivity index (χ4v) is 0.834. The summed E-state index contributed by atoms with van der Waals surface area (Å²) >= 11 is 0. The van der Waals surface area contributed by atoms with Crippen molar-refractivity contribution in [2.45, 2.75) is 0 Å². The number of nitrogens with one attached hydrogen (secondary N) is 1. The Labute approximate surface area is 81.9 Å². The fourth-order valence-electron chi connectivity index (χ4n) is 0.834. The largest absolute Gasteiger partial charge is 0.464 e. The molecule has 6 heteroatoms. The molecule has 0 amide bonds. The summed E-state index contributed by atoms with van der Waals surface area (Å²) in [6, 6.07) is 3.20. The Bertz CT molecular complexity index is 310. The molecule has 0 bridgehead atoms. The highest BCUT2D eigenvalue weighted by molar-refractivity contribution is 5.86. The number of hydrogen-bond donors (Lipinski definition) is 1. The molecule has 0 aromatic carbocycles. The maximum atomic E-state index is 11.0. The first-order valence-electron chi connectivity index (χ1n) is 3.99. The minimum absolute atomic E-state index is 0.191. The van der Waals surface area contributed by atoms with Crippen molar-refractivity contribution < 1.29 is 9.53 Å². The lowest BCUT2D eigenvalue weighted by molar-refractivity contribution is 0.0593. The zero-order valence-corrected chi connectivity index (χ0v) is 8.31. The van der Waals surface area contributed by atoms with E-state index in [2.05, 4.69) is 20.4 Å². The maximum absolute atomic E-state index is 11.0. The third-order valence-electron chi connectivity index (χ3n) is 1.40. The second-order valence-electron chi connectivity index (χ2n) is 2.80. The fraction of sp³-hybridized carbons (Fsp3) is 0.375. The van der Waals surface area contributed by atoms with Crippen LogP contribution in [0.4, 0.5) is 5.82 Å². The van der Waals surface area contributed by atoms with Crippen LogP contribution < -0.4 is 5.43 Å². The quantitative estimate of drug-likeness (QED) is 0.548. The molecule has 6 nitrogen and oxygen atoms in total. The Hall–Kier alpha value is -1.69. The van der Waals surface area contributed by atoms with E-state index >= 15 is 0 Å². The van der Waals surface area contributed by atoms with Crippen LogP contribution in [0, 0.1) is 0 Å². The number of ether oxygens (including phenoxy) is 1. The molecule has 76 valence electrons. The molecule has 0 atom stereocenters. The molecule has 0 aliphatic rings. The summed E-state index contributed by atoms with van der Waals surface area (Å²) in [4.78, 5) is 11.0. The van der Waals surface area contributed by atoms with E-state index in [1.54, 1.807) is 17.1 Å². The molecule has 1 heterocycles. The van der Waals surface area contributed by atoms with Crippen molar-refractivity contribution in [3.05, 3.63) is 17.8 Å². The number of esters is 1. The van der Waals surface area contributed by atoms with Gasteiger partial charge in [0, 0.05) is 14.1 Å². The van der Waals surface area contributed by atoms with Gasteiger partial charge >= 0.3 is 5.97 Å². The number of hydrazine groups is 1. The Kier molecular flexibility index (Phi) is 3.35. The molecule has 0 aliphatic heterocycles. The van der Waals surface area contributed by atoms with Gasteiger partial charge in [0.2, 0.25) is 0 Å². The molecule has 0 saturated carbocycles. The standard InChI is InChI=1S/C8H12N4O2/c1-12(2)11-7-5-4-6(9-10-7)8(13)14-3/h4-5H,1-3H3,(H,10,11). The number of nitrogens with zero attached hydrogens (tertiary/aromatic N) is 3. The lowest BCUT2D eigenvalue weighted by atomic mass is 10.4. The number of aromatic nitrogens is 2. The first kappa shape index (κ1) is 10.4. The Morgan fingerprint density at radius 2 is 2.14 bits per heavy atom. The molecule has 0 aliphatic carbocycles. The van der Waals surface area contributed by atoms with Gasteiger partial charge in [-0.3, -0.25) is 0 Å². The van der Waals surface area contributed by atoms with Crippen molar-refractivity contribution in [1.82, 2.24) is 15.2 Å². The minimum atomic E-state index is -0.492. The van der Waals surface area contributed by atoms with Crippen molar-refractivity contribution in [2.75, 3.05) is 26.6 Å². The topological polar surface area (TPSA) is 67.3 Å². The Balaban J connectivity index is 2.73. The third kappa shape index (κ3) is 2.67. The average molecular weight is 196 g/mol. The van der Waals surface area contributed by atoms with E-state index in [9.17, 15) is 4.79 Å². The Morgan fingerprint density at radius 1 is 1.43 bits per heavy atom. The highest BCUT2D eigenvalue weighted by Gasteiger charge is 2.07. The van der Waals surface area contributed by atoms with E-state index in [4.69, 9.17) is 0 Å². The second kappa shape index (κ2) is 4.52. The van der Waals surface area contributed by atoms with E-state index in [1.165, 1.54) is 7.11 Å². The van der Waals surface area contributed by atoms with Crippen molar-refractivity contribution in [1.29, 1.82) is 0 Å². The molecule has 0 spiro atoms. The van der Waals surface area contributed by atoms with Gasteiger partial charge in [0.15, 0.2) is 11.5 Å². The average Bonchev–Trinajstić information content (AvgIpc) is 2.17. The predicted molar refractivity (Wildman–Crippen MR) is 50.7 cm³/mol. The summed E-state index contributed by atoms with van der Waals surface area (Å²) in [7, 11) is 4.96. The minimum Gasteiger partial charge on any atom is -0.464 e. The van der Waals surface area contributed by atoms with Gasteiger partial charge in [0.1, 0.15) is 0 Å². The number of carbonyl (C=O) groups excluding carboxylic acids is 1. The van der Waals surface area contributed by atoms with Gasteiger partial charge in [-0.05, 0) is 12.1 Å². The van der Waals surface area contributed by atoms with Crippen LogP contribution in [0.3, 0.4) is 0 Å². The second-order valence-corrected chi connectivity index (χ2v) is 2.80. The van der Waals surface area contributed by atoms with E-state index in [0.29, 0.717) is 5.82 Å². The van der Waals surface area contributed by atoms with Crippen molar-refractivity contribution in [3.8, 4) is 0 Å². The zero-order valence-electron chi connectivity index (χ0n) is 8.31. The lowest BCUT2D eigenvalue weighted by Gasteiger charge is -2.11. The smallest absolute Gasteiger partial charge is 0.358 e. The van der Waals surface area contributed by atoms with Gasteiger partial charge in [0.25, 0.3) is 0 Å². The van der Waals surface area contributed by atoms with Crippen LogP contribution in [0.25, 0.3) is 0 Å². The van der Waals surface area contributed by atoms with Crippen molar-refractivity contribution >= 4 is 11.8 Å². The van der Waals surface area contributed by atoms with Gasteiger partial charge in [-0.15, -0.1) is 10.2 Å². The first-order valence-corrected chi connectivity index (χ1v) is 3.99. The van der Waals surface area contributed by atoms with Crippen LogP contribution in [0.2, 0.25) is 0 Å². The normalized spacial score (nSPS) is 10.0. The first-order chi connectivity index (χ1) is 6.63. The van der Waals surface area contributed by atoms with Gasteiger partial charge in [0.05, 0.1) is 7.11 Å².